The van der Waals surface area contributed by atoms with Gasteiger partial charge in [0, 0.05) is 46.6 Å². The Morgan fingerprint density at radius 2 is 1.42 bits per heavy atom. The van der Waals surface area contributed by atoms with Gasteiger partial charge in [0.2, 0.25) is 17.8 Å². The summed E-state index contributed by atoms with van der Waals surface area (Å²) in [5.74, 6) is 1.95. The quantitative estimate of drug-likeness (QED) is 0.363. The Labute approximate surface area is 203 Å². The van der Waals surface area contributed by atoms with Crippen molar-refractivity contribution in [1.29, 1.82) is 0 Å². The topological polar surface area (TPSA) is 69.5 Å². The number of halogens is 1. The molecule has 7 nitrogen and oxygen atoms in total. The average molecular weight is 480 g/mol. The molecule has 0 radical (unpaired) electrons. The minimum absolute atomic E-state index is 0.480. The van der Waals surface area contributed by atoms with Crippen LogP contribution in [0.2, 0.25) is 5.02 Å². The van der Waals surface area contributed by atoms with Gasteiger partial charge in [0.25, 0.3) is 0 Å². The first-order chi connectivity index (χ1) is 16.2. The predicted octanol–water partition coefficient (Wildman–Crippen LogP) is 5.32. The first-order valence-electron chi connectivity index (χ1n) is 11.3. The first-order valence-corrected chi connectivity index (χ1v) is 12.5. The third-order valence-corrected chi connectivity index (χ3v) is 7.07. The molecule has 2 aliphatic rings. The molecule has 3 heterocycles. The third-order valence-electron chi connectivity index (χ3n) is 5.72. The van der Waals surface area contributed by atoms with Crippen LogP contribution in [0.3, 0.4) is 0 Å². The highest BCUT2D eigenvalue weighted by molar-refractivity contribution is 7.99. The minimum atomic E-state index is 0.480. The van der Waals surface area contributed by atoms with Gasteiger partial charge in [-0.1, -0.05) is 41.6 Å². The van der Waals surface area contributed by atoms with Crippen molar-refractivity contribution in [2.24, 2.45) is 5.10 Å². The zero-order valence-electron chi connectivity index (χ0n) is 18.3. The summed E-state index contributed by atoms with van der Waals surface area (Å²) in [6.07, 6.45) is 6.51. The van der Waals surface area contributed by atoms with E-state index in [4.69, 9.17) is 16.6 Å². The normalized spacial score (nSPS) is 16.2. The molecule has 9 heteroatoms. The van der Waals surface area contributed by atoms with Crippen molar-refractivity contribution < 1.29 is 0 Å². The summed E-state index contributed by atoms with van der Waals surface area (Å²) in [5, 5.41) is 5.20. The maximum absolute atomic E-state index is 6.02. The minimum Gasteiger partial charge on any atom is -0.341 e. The van der Waals surface area contributed by atoms with Crippen LogP contribution < -0.4 is 15.2 Å². The summed E-state index contributed by atoms with van der Waals surface area (Å²) in [6.45, 7) is 3.95. The molecule has 0 bridgehead atoms. The van der Waals surface area contributed by atoms with Gasteiger partial charge >= 0.3 is 0 Å². The van der Waals surface area contributed by atoms with Crippen LogP contribution in [-0.4, -0.2) is 47.3 Å². The summed E-state index contributed by atoms with van der Waals surface area (Å²) >= 11 is 7.69. The molecule has 1 N–H and O–H groups in total. The van der Waals surface area contributed by atoms with E-state index in [1.165, 1.54) is 25.7 Å². The van der Waals surface area contributed by atoms with Crippen LogP contribution in [0.25, 0.3) is 0 Å². The molecule has 0 unspecified atom stereocenters. The van der Waals surface area contributed by atoms with Crippen molar-refractivity contribution in [3.05, 3.63) is 59.1 Å². The fraction of sp³-hybridized carbons (Fsp3) is 0.333. The second kappa shape index (κ2) is 10.4. The van der Waals surface area contributed by atoms with Gasteiger partial charge in [0.05, 0.1) is 6.21 Å². The van der Waals surface area contributed by atoms with E-state index in [-0.39, 0.29) is 0 Å². The van der Waals surface area contributed by atoms with E-state index < -0.39 is 0 Å². The summed E-state index contributed by atoms with van der Waals surface area (Å²) in [7, 11) is 0. The molecule has 2 fully saturated rings. The molecule has 0 saturated carbocycles. The highest BCUT2D eigenvalue weighted by Gasteiger charge is 2.21. The molecule has 33 heavy (non-hydrogen) atoms. The maximum atomic E-state index is 6.02. The predicted molar refractivity (Wildman–Crippen MR) is 136 cm³/mol. The van der Waals surface area contributed by atoms with E-state index in [0.29, 0.717) is 5.95 Å². The van der Waals surface area contributed by atoms with Crippen molar-refractivity contribution in [2.75, 3.05) is 41.4 Å². The molecule has 1 aromatic heterocycles. The van der Waals surface area contributed by atoms with Crippen molar-refractivity contribution in [1.82, 2.24) is 15.0 Å². The Kier molecular flexibility index (Phi) is 6.92. The first kappa shape index (κ1) is 22.0. The molecule has 2 aromatic carbocycles. The molecule has 0 amide bonds. The lowest BCUT2D eigenvalue weighted by Gasteiger charge is -2.20. The average Bonchev–Trinajstić information content (AvgIpc) is 3.56. The van der Waals surface area contributed by atoms with E-state index in [1.807, 2.05) is 48.7 Å². The number of benzene rings is 2. The van der Waals surface area contributed by atoms with Gasteiger partial charge in [-0.15, -0.1) is 0 Å². The SMILES string of the molecule is Clc1ccc(Sc2ccccc2C=NNc2nc(N3CCCC3)nc(N3CCCC3)n2)cc1. The van der Waals surface area contributed by atoms with E-state index in [1.54, 1.807) is 11.8 Å². The van der Waals surface area contributed by atoms with Gasteiger partial charge in [-0.05, 0) is 56.0 Å². The van der Waals surface area contributed by atoms with Gasteiger partial charge < -0.3 is 9.80 Å². The van der Waals surface area contributed by atoms with Crippen molar-refractivity contribution in [3.63, 3.8) is 0 Å². The Balaban J connectivity index is 1.34. The van der Waals surface area contributed by atoms with Gasteiger partial charge in [0.1, 0.15) is 0 Å². The Morgan fingerprint density at radius 3 is 2.06 bits per heavy atom. The fourth-order valence-corrected chi connectivity index (χ4v) is 5.03. The number of hydrogen-bond donors (Lipinski definition) is 1. The number of nitrogens with zero attached hydrogens (tertiary/aromatic N) is 6. The standard InChI is InChI=1S/C24H26ClN7S/c25-19-9-11-20(12-10-19)33-21-8-2-1-7-18(21)17-26-30-22-27-23(31-13-3-4-14-31)29-24(28-22)32-15-5-6-16-32/h1-2,7-12,17H,3-6,13-16H2,(H,27,28,29,30). The Bertz CT molecular complexity index is 1080. The van der Waals surface area contributed by atoms with Crippen LogP contribution in [0.15, 0.2) is 63.4 Å². The second-order valence-corrected chi connectivity index (χ2v) is 9.66. The Hall–Kier alpha value is -2.84. The lowest BCUT2D eigenvalue weighted by atomic mass is 10.2. The zero-order valence-corrected chi connectivity index (χ0v) is 19.9. The van der Waals surface area contributed by atoms with Gasteiger partial charge in [-0.25, -0.2) is 5.43 Å². The van der Waals surface area contributed by atoms with E-state index in [9.17, 15) is 0 Å². The van der Waals surface area contributed by atoms with E-state index in [2.05, 4.69) is 36.4 Å². The van der Waals surface area contributed by atoms with Crippen LogP contribution in [0.4, 0.5) is 17.8 Å². The van der Waals surface area contributed by atoms with Gasteiger partial charge in [-0.2, -0.15) is 20.1 Å². The van der Waals surface area contributed by atoms with Crippen LogP contribution in [0, 0.1) is 0 Å². The van der Waals surface area contributed by atoms with Gasteiger partial charge in [0.15, 0.2) is 0 Å². The molecule has 0 spiro atoms. The fourth-order valence-electron chi connectivity index (χ4n) is 3.99. The van der Waals surface area contributed by atoms with Crippen LogP contribution in [0.5, 0.6) is 0 Å². The molecule has 2 aliphatic heterocycles. The van der Waals surface area contributed by atoms with Crippen molar-refractivity contribution in [3.8, 4) is 0 Å². The number of hydrazone groups is 1. The number of aromatic nitrogens is 3. The zero-order chi connectivity index (χ0) is 22.5. The summed E-state index contributed by atoms with van der Waals surface area (Å²) in [6, 6.07) is 16.0. The van der Waals surface area contributed by atoms with Crippen LogP contribution in [0.1, 0.15) is 31.2 Å². The molecular formula is C24H26ClN7S. The number of hydrogen-bond acceptors (Lipinski definition) is 8. The van der Waals surface area contributed by atoms with Gasteiger partial charge in [-0.3, -0.25) is 0 Å². The largest absolute Gasteiger partial charge is 0.341 e. The highest BCUT2D eigenvalue weighted by atomic mass is 35.5. The molecular weight excluding hydrogens is 454 g/mol. The second-order valence-electron chi connectivity index (χ2n) is 8.11. The van der Waals surface area contributed by atoms with Crippen molar-refractivity contribution >= 4 is 47.4 Å². The van der Waals surface area contributed by atoms with E-state index >= 15 is 0 Å². The lowest BCUT2D eigenvalue weighted by Crippen LogP contribution is -2.25. The lowest BCUT2D eigenvalue weighted by molar-refractivity contribution is 0.838. The molecule has 3 aromatic rings. The van der Waals surface area contributed by atoms with Crippen LogP contribution >= 0.6 is 23.4 Å². The molecule has 170 valence electrons. The number of nitrogens with one attached hydrogen (secondary N) is 1. The molecule has 0 aliphatic carbocycles. The van der Waals surface area contributed by atoms with Crippen molar-refractivity contribution in [2.45, 2.75) is 35.5 Å². The van der Waals surface area contributed by atoms with Crippen LogP contribution in [-0.2, 0) is 0 Å². The molecule has 5 rings (SSSR count). The number of anilines is 3. The Morgan fingerprint density at radius 1 is 0.818 bits per heavy atom. The molecule has 0 atom stereocenters. The monoisotopic (exact) mass is 479 g/mol. The third kappa shape index (κ3) is 5.57. The molecule has 2 saturated heterocycles. The summed E-state index contributed by atoms with van der Waals surface area (Å²) < 4.78 is 0. The van der Waals surface area contributed by atoms with E-state index in [0.717, 1.165) is 58.5 Å². The maximum Gasteiger partial charge on any atom is 0.250 e. The smallest absolute Gasteiger partial charge is 0.250 e. The number of rotatable bonds is 7. The highest BCUT2D eigenvalue weighted by Crippen LogP contribution is 2.30. The summed E-state index contributed by atoms with van der Waals surface area (Å²) in [4.78, 5) is 20.7. The summed E-state index contributed by atoms with van der Waals surface area (Å²) in [5.41, 5.74) is 4.06.